The first-order valence-electron chi connectivity index (χ1n) is 6.68. The summed E-state index contributed by atoms with van der Waals surface area (Å²) in [6.07, 6.45) is 0.418. The molecule has 0 aliphatic carbocycles. The molecule has 0 saturated heterocycles. The molecule has 1 atom stereocenters. The molecule has 0 bridgehead atoms. The van der Waals surface area contributed by atoms with Crippen molar-refractivity contribution in [3.63, 3.8) is 0 Å². The predicted octanol–water partition coefficient (Wildman–Crippen LogP) is 3.50. The Morgan fingerprint density at radius 1 is 1.00 bits per heavy atom. The smallest absolute Gasteiger partial charge is 0.102 e. The molecule has 100 valence electrons. The average Bonchev–Trinajstić information content (AvgIpc) is 2.48. The lowest BCUT2D eigenvalue weighted by Crippen LogP contribution is -2.07. The molecule has 0 aliphatic heterocycles. The van der Waals surface area contributed by atoms with Crippen molar-refractivity contribution in [2.75, 3.05) is 6.61 Å². The van der Waals surface area contributed by atoms with Gasteiger partial charge in [-0.1, -0.05) is 61.5 Å². The van der Waals surface area contributed by atoms with Gasteiger partial charge in [-0.25, -0.2) is 0 Å². The van der Waals surface area contributed by atoms with Crippen molar-refractivity contribution in [1.29, 1.82) is 0 Å². The molecule has 1 N–H and O–H groups in total. The normalized spacial score (nSPS) is 12.3. The summed E-state index contributed by atoms with van der Waals surface area (Å²) in [6.45, 7) is 2.96. The molecule has 0 spiro atoms. The van der Waals surface area contributed by atoms with Crippen LogP contribution in [-0.2, 0) is 17.8 Å². The molecule has 0 amide bonds. The van der Waals surface area contributed by atoms with Crippen LogP contribution in [0.1, 0.15) is 29.7 Å². The van der Waals surface area contributed by atoms with E-state index in [1.165, 1.54) is 5.56 Å². The second-order valence-electron chi connectivity index (χ2n) is 4.62. The fourth-order valence-corrected chi connectivity index (χ4v) is 1.98. The van der Waals surface area contributed by atoms with Gasteiger partial charge in [0.15, 0.2) is 0 Å². The minimum absolute atomic E-state index is 0.321. The zero-order valence-corrected chi connectivity index (χ0v) is 11.3. The third kappa shape index (κ3) is 4.19. The van der Waals surface area contributed by atoms with E-state index in [9.17, 15) is 5.11 Å². The van der Waals surface area contributed by atoms with Gasteiger partial charge in [-0.15, -0.1) is 0 Å². The van der Waals surface area contributed by atoms with Crippen LogP contribution in [0.4, 0.5) is 0 Å². The Morgan fingerprint density at radius 2 is 1.74 bits per heavy atom. The van der Waals surface area contributed by atoms with Crippen LogP contribution in [0.5, 0.6) is 0 Å². The van der Waals surface area contributed by atoms with Crippen molar-refractivity contribution in [2.24, 2.45) is 0 Å². The lowest BCUT2D eigenvalue weighted by atomic mass is 10.1. The van der Waals surface area contributed by atoms with Crippen LogP contribution in [0, 0.1) is 0 Å². The Balaban J connectivity index is 1.85. The summed E-state index contributed by atoms with van der Waals surface area (Å²) in [5.74, 6) is 0. The van der Waals surface area contributed by atoms with Crippen molar-refractivity contribution in [3.8, 4) is 0 Å². The molecule has 2 aromatic rings. The highest BCUT2D eigenvalue weighted by molar-refractivity contribution is 5.25. The summed E-state index contributed by atoms with van der Waals surface area (Å²) in [6, 6.07) is 18.0. The van der Waals surface area contributed by atoms with Crippen molar-refractivity contribution < 1.29 is 9.84 Å². The molecule has 2 aromatic carbocycles. The Labute approximate surface area is 114 Å². The number of hydrogen-bond acceptors (Lipinski definition) is 2. The van der Waals surface area contributed by atoms with E-state index in [-0.39, 0.29) is 0 Å². The van der Waals surface area contributed by atoms with Crippen molar-refractivity contribution in [2.45, 2.75) is 26.1 Å². The summed E-state index contributed by atoms with van der Waals surface area (Å²) in [5, 5.41) is 10.1. The first-order valence-corrected chi connectivity index (χ1v) is 6.68. The van der Waals surface area contributed by atoms with Crippen LogP contribution in [-0.4, -0.2) is 11.7 Å². The highest BCUT2D eigenvalue weighted by Gasteiger charge is 2.08. The molecule has 2 heteroatoms. The topological polar surface area (TPSA) is 29.5 Å². The molecule has 0 radical (unpaired) electrons. The fourth-order valence-electron chi connectivity index (χ4n) is 1.98. The number of hydrogen-bond donors (Lipinski definition) is 1. The zero-order valence-electron chi connectivity index (χ0n) is 11.3. The van der Waals surface area contributed by atoms with Crippen LogP contribution in [0.25, 0.3) is 0 Å². The molecule has 0 heterocycles. The monoisotopic (exact) mass is 256 g/mol. The molecule has 19 heavy (non-hydrogen) atoms. The van der Waals surface area contributed by atoms with E-state index in [4.69, 9.17) is 4.74 Å². The summed E-state index contributed by atoms with van der Waals surface area (Å²) < 4.78 is 5.56. The molecule has 0 aromatic heterocycles. The fraction of sp³-hybridized carbons (Fsp3) is 0.294. The van der Waals surface area contributed by atoms with Gasteiger partial charge >= 0.3 is 0 Å². The largest absolute Gasteiger partial charge is 0.386 e. The standard InChI is InChI=1S/C17H20O2/c1-2-14-9-6-10-16(11-14)17(18)13-19-12-15-7-4-3-5-8-15/h3-11,17-18H,2,12-13H2,1H3. The van der Waals surface area contributed by atoms with Gasteiger partial charge in [-0.3, -0.25) is 0 Å². The molecule has 0 fully saturated rings. The molecular formula is C17H20O2. The minimum atomic E-state index is -0.560. The summed E-state index contributed by atoms with van der Waals surface area (Å²) in [5.41, 5.74) is 3.28. The summed E-state index contributed by atoms with van der Waals surface area (Å²) >= 11 is 0. The SMILES string of the molecule is CCc1cccc(C(O)COCc2ccccc2)c1. The summed E-state index contributed by atoms with van der Waals surface area (Å²) in [7, 11) is 0. The second kappa shape index (κ2) is 7.07. The highest BCUT2D eigenvalue weighted by Crippen LogP contribution is 2.16. The van der Waals surface area contributed by atoms with Gasteiger partial charge in [0.1, 0.15) is 6.10 Å². The number of benzene rings is 2. The lowest BCUT2D eigenvalue weighted by Gasteiger charge is -2.12. The maximum absolute atomic E-state index is 10.1. The first-order chi connectivity index (χ1) is 9.29. The predicted molar refractivity (Wildman–Crippen MR) is 76.9 cm³/mol. The lowest BCUT2D eigenvalue weighted by molar-refractivity contribution is 0.0277. The van der Waals surface area contributed by atoms with Crippen LogP contribution in [0.2, 0.25) is 0 Å². The zero-order chi connectivity index (χ0) is 13.5. The Morgan fingerprint density at radius 3 is 2.47 bits per heavy atom. The molecule has 0 aliphatic rings. The Hall–Kier alpha value is -1.64. The van der Waals surface area contributed by atoms with E-state index < -0.39 is 6.10 Å². The number of aryl methyl sites for hydroxylation is 1. The van der Waals surface area contributed by atoms with Gasteiger partial charge in [-0.2, -0.15) is 0 Å². The maximum atomic E-state index is 10.1. The van der Waals surface area contributed by atoms with Crippen molar-refractivity contribution in [1.82, 2.24) is 0 Å². The number of ether oxygens (including phenoxy) is 1. The van der Waals surface area contributed by atoms with Crippen molar-refractivity contribution >= 4 is 0 Å². The van der Waals surface area contributed by atoms with Gasteiger partial charge in [0, 0.05) is 0 Å². The van der Waals surface area contributed by atoms with Gasteiger partial charge < -0.3 is 9.84 Å². The minimum Gasteiger partial charge on any atom is -0.386 e. The van der Waals surface area contributed by atoms with Crippen LogP contribution in [0.15, 0.2) is 54.6 Å². The number of rotatable bonds is 6. The van der Waals surface area contributed by atoms with E-state index in [1.807, 2.05) is 48.5 Å². The van der Waals surface area contributed by atoms with Crippen molar-refractivity contribution in [3.05, 3.63) is 71.3 Å². The van der Waals surface area contributed by atoms with Crippen LogP contribution in [0.3, 0.4) is 0 Å². The van der Waals surface area contributed by atoms with E-state index in [0.29, 0.717) is 13.2 Å². The van der Waals surface area contributed by atoms with Gasteiger partial charge in [-0.05, 0) is 23.1 Å². The third-order valence-electron chi connectivity index (χ3n) is 3.13. The maximum Gasteiger partial charge on any atom is 0.102 e. The molecule has 2 rings (SSSR count). The van der Waals surface area contributed by atoms with E-state index in [1.54, 1.807) is 0 Å². The number of aliphatic hydroxyl groups is 1. The molecule has 0 saturated carbocycles. The van der Waals surface area contributed by atoms with E-state index in [2.05, 4.69) is 13.0 Å². The highest BCUT2D eigenvalue weighted by atomic mass is 16.5. The third-order valence-corrected chi connectivity index (χ3v) is 3.13. The molecule has 2 nitrogen and oxygen atoms in total. The average molecular weight is 256 g/mol. The number of aliphatic hydroxyl groups excluding tert-OH is 1. The van der Waals surface area contributed by atoms with Crippen LogP contribution < -0.4 is 0 Å². The second-order valence-corrected chi connectivity index (χ2v) is 4.62. The quantitative estimate of drug-likeness (QED) is 0.857. The van der Waals surface area contributed by atoms with E-state index in [0.717, 1.165) is 17.5 Å². The van der Waals surface area contributed by atoms with Gasteiger partial charge in [0.05, 0.1) is 13.2 Å². The first kappa shape index (κ1) is 13.8. The van der Waals surface area contributed by atoms with Crippen LogP contribution >= 0.6 is 0 Å². The molecule has 1 unspecified atom stereocenters. The van der Waals surface area contributed by atoms with Gasteiger partial charge in [0.25, 0.3) is 0 Å². The van der Waals surface area contributed by atoms with Gasteiger partial charge in [0.2, 0.25) is 0 Å². The van der Waals surface area contributed by atoms with E-state index >= 15 is 0 Å². The summed E-state index contributed by atoms with van der Waals surface area (Å²) in [4.78, 5) is 0. The Bertz CT molecular complexity index is 494. The molecular weight excluding hydrogens is 236 g/mol. The Kier molecular flexibility index (Phi) is 5.13.